The first-order chi connectivity index (χ1) is 14.7. The summed E-state index contributed by atoms with van der Waals surface area (Å²) in [5, 5.41) is 3.19. The lowest BCUT2D eigenvalue weighted by atomic mass is 9.85. The number of amides is 1. The number of carbonyl (C=O) groups is 1. The van der Waals surface area contributed by atoms with Crippen LogP contribution in [0.1, 0.15) is 47.8 Å². The van der Waals surface area contributed by atoms with Gasteiger partial charge in [0.05, 0.1) is 18.1 Å². The number of hydrogen-bond donors (Lipinski definition) is 2. The number of aromatic nitrogens is 2. The fourth-order valence-electron chi connectivity index (χ4n) is 4.41. The van der Waals surface area contributed by atoms with Gasteiger partial charge >= 0.3 is 0 Å². The maximum absolute atomic E-state index is 13.0. The van der Waals surface area contributed by atoms with Crippen LogP contribution < -0.4 is 19.5 Å². The van der Waals surface area contributed by atoms with E-state index in [1.807, 2.05) is 24.3 Å². The largest absolute Gasteiger partial charge is 0.493 e. The minimum Gasteiger partial charge on any atom is -0.493 e. The SMILES string of the molecule is COc1cc(C(=O)NC2CCCC(c3nc4ccccc4[nH]3)C2)cc2c1OCCO2. The van der Waals surface area contributed by atoms with E-state index in [0.29, 0.717) is 41.9 Å². The molecule has 2 aliphatic rings. The summed E-state index contributed by atoms with van der Waals surface area (Å²) in [6.07, 6.45) is 3.96. The van der Waals surface area contributed by atoms with E-state index in [1.54, 1.807) is 19.2 Å². The summed E-state index contributed by atoms with van der Waals surface area (Å²) in [6, 6.07) is 11.6. The van der Waals surface area contributed by atoms with Crippen molar-refractivity contribution >= 4 is 16.9 Å². The molecule has 3 aromatic rings. The summed E-state index contributed by atoms with van der Waals surface area (Å²) in [4.78, 5) is 21.2. The molecule has 7 heteroatoms. The van der Waals surface area contributed by atoms with Crippen molar-refractivity contribution in [2.45, 2.75) is 37.6 Å². The van der Waals surface area contributed by atoms with E-state index < -0.39 is 0 Å². The molecule has 1 saturated carbocycles. The van der Waals surface area contributed by atoms with Crippen LogP contribution in [0, 0.1) is 0 Å². The number of carbonyl (C=O) groups excluding carboxylic acids is 1. The molecule has 0 spiro atoms. The minimum absolute atomic E-state index is 0.101. The maximum atomic E-state index is 13.0. The van der Waals surface area contributed by atoms with Gasteiger partial charge in [-0.3, -0.25) is 4.79 Å². The Morgan fingerprint density at radius 1 is 1.20 bits per heavy atom. The molecule has 5 rings (SSSR count). The number of H-pyrrole nitrogens is 1. The Morgan fingerprint density at radius 3 is 2.93 bits per heavy atom. The second-order valence-corrected chi connectivity index (χ2v) is 7.88. The van der Waals surface area contributed by atoms with Gasteiger partial charge in [0.25, 0.3) is 5.91 Å². The molecular formula is C23H25N3O4. The third-order valence-corrected chi connectivity index (χ3v) is 5.89. The van der Waals surface area contributed by atoms with Crippen LogP contribution in [0.25, 0.3) is 11.0 Å². The van der Waals surface area contributed by atoms with Crippen LogP contribution in [0.15, 0.2) is 36.4 Å². The highest BCUT2D eigenvalue weighted by molar-refractivity contribution is 5.95. The fourth-order valence-corrected chi connectivity index (χ4v) is 4.41. The van der Waals surface area contributed by atoms with E-state index in [-0.39, 0.29) is 11.9 Å². The van der Waals surface area contributed by atoms with E-state index in [1.165, 1.54) is 0 Å². The highest BCUT2D eigenvalue weighted by atomic mass is 16.6. The lowest BCUT2D eigenvalue weighted by molar-refractivity contribution is 0.0922. The van der Waals surface area contributed by atoms with Crippen molar-refractivity contribution in [3.8, 4) is 17.2 Å². The summed E-state index contributed by atoms with van der Waals surface area (Å²) < 4.78 is 16.7. The summed E-state index contributed by atoms with van der Waals surface area (Å²) >= 11 is 0. The van der Waals surface area contributed by atoms with Gasteiger partial charge in [-0.1, -0.05) is 18.6 Å². The van der Waals surface area contributed by atoms with E-state index in [9.17, 15) is 4.79 Å². The number of para-hydroxylation sites is 2. The Labute approximate surface area is 174 Å². The van der Waals surface area contributed by atoms with Gasteiger partial charge in [-0.15, -0.1) is 0 Å². The van der Waals surface area contributed by atoms with Crippen molar-refractivity contribution in [3.05, 3.63) is 47.8 Å². The molecule has 0 radical (unpaired) electrons. The molecule has 2 N–H and O–H groups in total. The van der Waals surface area contributed by atoms with Crippen LogP contribution in [-0.2, 0) is 0 Å². The number of methoxy groups -OCH3 is 1. The third kappa shape index (κ3) is 3.56. The zero-order valence-electron chi connectivity index (χ0n) is 16.9. The Bertz CT molecular complexity index is 1030. The van der Waals surface area contributed by atoms with Gasteiger partial charge in [-0.25, -0.2) is 4.98 Å². The summed E-state index contributed by atoms with van der Waals surface area (Å²) in [5.74, 6) is 2.82. The molecule has 0 saturated heterocycles. The molecule has 2 aromatic carbocycles. The van der Waals surface area contributed by atoms with Crippen LogP contribution in [0.2, 0.25) is 0 Å². The van der Waals surface area contributed by atoms with Crippen molar-refractivity contribution in [1.82, 2.24) is 15.3 Å². The van der Waals surface area contributed by atoms with E-state index in [4.69, 9.17) is 19.2 Å². The highest BCUT2D eigenvalue weighted by Crippen LogP contribution is 2.40. The van der Waals surface area contributed by atoms with E-state index in [0.717, 1.165) is 42.5 Å². The second-order valence-electron chi connectivity index (χ2n) is 7.88. The molecule has 2 atom stereocenters. The molecule has 30 heavy (non-hydrogen) atoms. The predicted molar refractivity (Wildman–Crippen MR) is 113 cm³/mol. The molecule has 0 bridgehead atoms. The number of nitrogens with zero attached hydrogens (tertiary/aromatic N) is 1. The standard InChI is InChI=1S/C23H25N3O4/c1-28-19-12-15(13-20-21(19)30-10-9-29-20)23(27)24-16-6-4-5-14(11-16)22-25-17-7-2-3-8-18(17)26-22/h2-3,7-8,12-14,16H,4-6,9-11H2,1H3,(H,24,27)(H,25,26). The van der Waals surface area contributed by atoms with Crippen molar-refractivity contribution in [3.63, 3.8) is 0 Å². The van der Waals surface area contributed by atoms with Gasteiger partial charge in [-0.2, -0.15) is 0 Å². The number of benzene rings is 2. The van der Waals surface area contributed by atoms with Crippen molar-refractivity contribution in [2.24, 2.45) is 0 Å². The first kappa shape index (κ1) is 18.8. The second kappa shape index (κ2) is 7.89. The first-order valence-electron chi connectivity index (χ1n) is 10.4. The number of rotatable bonds is 4. The third-order valence-electron chi connectivity index (χ3n) is 5.89. The zero-order chi connectivity index (χ0) is 20.5. The van der Waals surface area contributed by atoms with Crippen molar-refractivity contribution < 1.29 is 19.0 Å². The number of aromatic amines is 1. The Morgan fingerprint density at radius 2 is 2.07 bits per heavy atom. The lowest BCUT2D eigenvalue weighted by Crippen LogP contribution is -2.38. The van der Waals surface area contributed by atoms with Gasteiger partial charge in [0.2, 0.25) is 5.75 Å². The maximum Gasteiger partial charge on any atom is 0.251 e. The van der Waals surface area contributed by atoms with E-state index >= 15 is 0 Å². The fraction of sp³-hybridized carbons (Fsp3) is 0.391. The molecular weight excluding hydrogens is 382 g/mol. The molecule has 7 nitrogen and oxygen atoms in total. The molecule has 1 amide bonds. The number of imidazole rings is 1. The summed E-state index contributed by atoms with van der Waals surface area (Å²) in [7, 11) is 1.56. The average molecular weight is 407 g/mol. The quantitative estimate of drug-likeness (QED) is 0.687. The van der Waals surface area contributed by atoms with Gasteiger partial charge in [-0.05, 0) is 43.5 Å². The molecule has 156 valence electrons. The average Bonchev–Trinajstić information content (AvgIpc) is 3.23. The smallest absolute Gasteiger partial charge is 0.251 e. The molecule has 1 fully saturated rings. The first-order valence-corrected chi connectivity index (χ1v) is 10.4. The van der Waals surface area contributed by atoms with Crippen molar-refractivity contribution in [1.29, 1.82) is 0 Å². The monoisotopic (exact) mass is 407 g/mol. The topological polar surface area (TPSA) is 85.5 Å². The highest BCUT2D eigenvalue weighted by Gasteiger charge is 2.28. The zero-order valence-corrected chi connectivity index (χ0v) is 16.9. The molecule has 2 heterocycles. The van der Waals surface area contributed by atoms with E-state index in [2.05, 4.69) is 10.3 Å². The van der Waals surface area contributed by atoms with Gasteiger partial charge in [0.1, 0.15) is 19.0 Å². The predicted octanol–water partition coefficient (Wildman–Crippen LogP) is 3.80. The van der Waals surface area contributed by atoms with Crippen LogP contribution in [0.5, 0.6) is 17.2 Å². The van der Waals surface area contributed by atoms with Crippen molar-refractivity contribution in [2.75, 3.05) is 20.3 Å². The number of nitrogens with one attached hydrogen (secondary N) is 2. The molecule has 1 aliphatic carbocycles. The number of fused-ring (bicyclic) bond motifs is 2. The van der Waals surface area contributed by atoms with Crippen LogP contribution in [0.3, 0.4) is 0 Å². The van der Waals surface area contributed by atoms with Gasteiger partial charge in [0, 0.05) is 17.5 Å². The van der Waals surface area contributed by atoms with Gasteiger partial charge < -0.3 is 24.5 Å². The molecule has 1 aromatic heterocycles. The Balaban J connectivity index is 1.31. The summed E-state index contributed by atoms with van der Waals surface area (Å²) in [6.45, 7) is 0.934. The Kier molecular flexibility index (Phi) is 4.94. The Hall–Kier alpha value is -3.22. The normalized spacial score (nSPS) is 20.7. The number of hydrogen-bond acceptors (Lipinski definition) is 5. The minimum atomic E-state index is -0.125. The number of ether oxygens (including phenoxy) is 3. The van der Waals surface area contributed by atoms with Crippen LogP contribution >= 0.6 is 0 Å². The molecule has 2 unspecified atom stereocenters. The summed E-state index contributed by atoms with van der Waals surface area (Å²) in [5.41, 5.74) is 2.56. The molecule has 1 aliphatic heterocycles. The van der Waals surface area contributed by atoms with Gasteiger partial charge in [0.15, 0.2) is 11.5 Å². The van der Waals surface area contributed by atoms with Crippen LogP contribution in [-0.4, -0.2) is 42.2 Å². The lowest BCUT2D eigenvalue weighted by Gasteiger charge is -2.29. The van der Waals surface area contributed by atoms with Crippen LogP contribution in [0.4, 0.5) is 0 Å².